The first kappa shape index (κ1) is 41.7. The molecule has 0 saturated carbocycles. The Morgan fingerprint density at radius 2 is 1.17 bits per heavy atom. The number of rotatable bonds is 26. The van der Waals surface area contributed by atoms with Crippen molar-refractivity contribution in [2.24, 2.45) is 0 Å². The van der Waals surface area contributed by atoms with Gasteiger partial charge >= 0.3 is 11.9 Å². The fraction of sp³-hybridized carbons (Fsp3) is 0.879. The normalized spacial score (nSPS) is 21.7. The van der Waals surface area contributed by atoms with Gasteiger partial charge in [-0.2, -0.15) is 0 Å². The number of amides is 2. The van der Waals surface area contributed by atoms with Gasteiger partial charge in [-0.25, -0.2) is 0 Å². The van der Waals surface area contributed by atoms with Gasteiger partial charge in [0.1, 0.15) is 31.0 Å². The molecule has 13 heteroatoms. The zero-order chi connectivity index (χ0) is 34.2. The second kappa shape index (κ2) is 25.7. The molecular formula is C33H60N2O11. The standard InChI is InChI=1S/C33H60N2O11/c1-7-9-11-13-15-17-28(38)44-23-24(45-29(39)18-16-14-12-10-8-2)21-34-26(36)19-20-27(37)35-22-25-30(40-3)31(41-4)32(42-5)33(43-6)46-25/h24-25,30-33H,7-23H2,1-6H3,(H,34,36)(H,35,37)/t24-,25-,30-,31+,32-,33+/m1/s1. The summed E-state index contributed by atoms with van der Waals surface area (Å²) in [5, 5.41) is 5.47. The van der Waals surface area contributed by atoms with Crippen LogP contribution in [0.2, 0.25) is 0 Å². The molecule has 1 saturated heterocycles. The maximum atomic E-state index is 12.6. The lowest BCUT2D eigenvalue weighted by molar-refractivity contribution is -0.300. The molecule has 2 amide bonds. The third-order valence-corrected chi connectivity index (χ3v) is 7.94. The molecule has 0 aliphatic carbocycles. The number of methoxy groups -OCH3 is 4. The van der Waals surface area contributed by atoms with Crippen molar-refractivity contribution >= 4 is 23.8 Å². The number of nitrogens with one attached hydrogen (secondary N) is 2. The van der Waals surface area contributed by atoms with E-state index in [4.69, 9.17) is 33.2 Å². The van der Waals surface area contributed by atoms with Crippen LogP contribution in [0.5, 0.6) is 0 Å². The summed E-state index contributed by atoms with van der Waals surface area (Å²) in [6.45, 7) is 4.19. The molecule has 268 valence electrons. The summed E-state index contributed by atoms with van der Waals surface area (Å²) in [6, 6.07) is 0. The average Bonchev–Trinajstić information content (AvgIpc) is 3.06. The van der Waals surface area contributed by atoms with Crippen molar-refractivity contribution in [2.75, 3.05) is 48.1 Å². The third-order valence-electron chi connectivity index (χ3n) is 7.94. The van der Waals surface area contributed by atoms with E-state index in [1.165, 1.54) is 28.4 Å². The predicted octanol–water partition coefficient (Wildman–Crippen LogP) is 3.59. The van der Waals surface area contributed by atoms with Crippen LogP contribution in [0.3, 0.4) is 0 Å². The number of unbranched alkanes of at least 4 members (excludes halogenated alkanes) is 8. The van der Waals surface area contributed by atoms with Gasteiger partial charge in [-0.15, -0.1) is 0 Å². The number of hydrogen-bond acceptors (Lipinski definition) is 11. The molecule has 0 radical (unpaired) electrons. The number of carbonyl (C=O) groups is 4. The van der Waals surface area contributed by atoms with Gasteiger partial charge < -0.3 is 43.8 Å². The second-order valence-corrected chi connectivity index (χ2v) is 11.6. The molecule has 6 atom stereocenters. The highest BCUT2D eigenvalue weighted by molar-refractivity contribution is 5.83. The average molecular weight is 661 g/mol. The Bertz CT molecular complexity index is 859. The highest BCUT2D eigenvalue weighted by Crippen LogP contribution is 2.27. The lowest BCUT2D eigenvalue weighted by Crippen LogP contribution is -2.62. The van der Waals surface area contributed by atoms with E-state index in [1.807, 2.05) is 0 Å². The van der Waals surface area contributed by atoms with Crippen molar-refractivity contribution in [1.82, 2.24) is 10.6 Å². The van der Waals surface area contributed by atoms with Crippen LogP contribution in [-0.2, 0) is 52.3 Å². The van der Waals surface area contributed by atoms with Crippen LogP contribution in [0, 0.1) is 0 Å². The Hall–Kier alpha value is -2.32. The Kier molecular flexibility index (Phi) is 23.3. The Morgan fingerprint density at radius 1 is 0.630 bits per heavy atom. The van der Waals surface area contributed by atoms with Crippen LogP contribution in [-0.4, -0.2) is 109 Å². The van der Waals surface area contributed by atoms with Gasteiger partial charge in [0, 0.05) is 60.7 Å². The molecule has 0 bridgehead atoms. The van der Waals surface area contributed by atoms with E-state index < -0.39 is 48.7 Å². The smallest absolute Gasteiger partial charge is 0.306 e. The van der Waals surface area contributed by atoms with Crippen molar-refractivity contribution in [3.8, 4) is 0 Å². The molecule has 0 aromatic rings. The molecule has 1 heterocycles. The minimum Gasteiger partial charge on any atom is -0.462 e. The van der Waals surface area contributed by atoms with Crippen molar-refractivity contribution in [3.63, 3.8) is 0 Å². The van der Waals surface area contributed by atoms with Crippen molar-refractivity contribution < 1.29 is 52.3 Å². The van der Waals surface area contributed by atoms with Gasteiger partial charge in [-0.05, 0) is 12.8 Å². The first-order chi connectivity index (χ1) is 22.2. The SMILES string of the molecule is CCCCCCCC(=O)OC[C@@H](CNC(=O)CCC(=O)NC[C@H]1O[C@H](OC)[C@H](OC)[C@@H](OC)[C@@H]1OC)OC(=O)CCCCCCC. The minimum atomic E-state index is -0.822. The van der Waals surface area contributed by atoms with E-state index in [9.17, 15) is 19.2 Å². The predicted molar refractivity (Wildman–Crippen MR) is 171 cm³/mol. The highest BCUT2D eigenvalue weighted by atomic mass is 16.7. The summed E-state index contributed by atoms with van der Waals surface area (Å²) >= 11 is 0. The second-order valence-electron chi connectivity index (χ2n) is 11.6. The summed E-state index contributed by atoms with van der Waals surface area (Å²) in [4.78, 5) is 49.9. The van der Waals surface area contributed by atoms with Crippen LogP contribution in [0.4, 0.5) is 0 Å². The van der Waals surface area contributed by atoms with E-state index in [0.29, 0.717) is 12.8 Å². The topological polar surface area (TPSA) is 157 Å². The lowest BCUT2D eigenvalue weighted by atomic mass is 9.98. The van der Waals surface area contributed by atoms with Crippen LogP contribution < -0.4 is 10.6 Å². The maximum absolute atomic E-state index is 12.6. The molecule has 0 unspecified atom stereocenters. The molecule has 1 aliphatic rings. The quantitative estimate of drug-likeness (QED) is 0.103. The summed E-state index contributed by atoms with van der Waals surface area (Å²) in [5.74, 6) is -1.51. The first-order valence-corrected chi connectivity index (χ1v) is 16.9. The van der Waals surface area contributed by atoms with Gasteiger partial charge in [0.25, 0.3) is 0 Å². The zero-order valence-corrected chi connectivity index (χ0v) is 29.0. The molecule has 46 heavy (non-hydrogen) atoms. The highest BCUT2D eigenvalue weighted by Gasteiger charge is 2.47. The van der Waals surface area contributed by atoms with Crippen LogP contribution in [0.1, 0.15) is 104 Å². The van der Waals surface area contributed by atoms with E-state index in [1.54, 1.807) is 0 Å². The van der Waals surface area contributed by atoms with Gasteiger partial charge in [-0.3, -0.25) is 19.2 Å². The number of hydrogen-bond donors (Lipinski definition) is 2. The Balaban J connectivity index is 2.56. The fourth-order valence-corrected chi connectivity index (χ4v) is 5.26. The summed E-state index contributed by atoms with van der Waals surface area (Å²) in [6.07, 6.45) is 6.70. The molecule has 1 rings (SSSR count). The van der Waals surface area contributed by atoms with Gasteiger partial charge in [0.2, 0.25) is 11.8 Å². The van der Waals surface area contributed by atoms with Gasteiger partial charge in [0.15, 0.2) is 12.4 Å². The minimum absolute atomic E-state index is 0.0330. The summed E-state index contributed by atoms with van der Waals surface area (Å²) < 4.78 is 38.9. The lowest BCUT2D eigenvalue weighted by Gasteiger charge is -2.44. The molecule has 0 spiro atoms. The van der Waals surface area contributed by atoms with Crippen molar-refractivity contribution in [2.45, 2.75) is 141 Å². The van der Waals surface area contributed by atoms with E-state index in [2.05, 4.69) is 24.5 Å². The van der Waals surface area contributed by atoms with E-state index in [0.717, 1.165) is 57.8 Å². The maximum Gasteiger partial charge on any atom is 0.306 e. The largest absolute Gasteiger partial charge is 0.462 e. The first-order valence-electron chi connectivity index (χ1n) is 16.9. The van der Waals surface area contributed by atoms with Crippen LogP contribution >= 0.6 is 0 Å². The molecule has 13 nitrogen and oxygen atoms in total. The van der Waals surface area contributed by atoms with E-state index in [-0.39, 0.29) is 50.8 Å². The Labute approximate surface area is 275 Å². The zero-order valence-electron chi connectivity index (χ0n) is 29.0. The molecule has 0 aromatic heterocycles. The molecule has 1 fully saturated rings. The van der Waals surface area contributed by atoms with Crippen LogP contribution in [0.15, 0.2) is 0 Å². The van der Waals surface area contributed by atoms with E-state index >= 15 is 0 Å². The molecular weight excluding hydrogens is 600 g/mol. The van der Waals surface area contributed by atoms with Gasteiger partial charge in [0.05, 0.1) is 6.54 Å². The molecule has 1 aliphatic heterocycles. The van der Waals surface area contributed by atoms with Crippen molar-refractivity contribution in [3.05, 3.63) is 0 Å². The fourth-order valence-electron chi connectivity index (χ4n) is 5.26. The summed E-state index contributed by atoms with van der Waals surface area (Å²) in [7, 11) is 6.07. The number of ether oxygens (including phenoxy) is 7. The Morgan fingerprint density at radius 3 is 1.72 bits per heavy atom. The van der Waals surface area contributed by atoms with Gasteiger partial charge in [-0.1, -0.05) is 65.2 Å². The van der Waals surface area contributed by atoms with Crippen LogP contribution in [0.25, 0.3) is 0 Å². The molecule has 0 aromatic carbocycles. The van der Waals surface area contributed by atoms with Crippen molar-refractivity contribution in [1.29, 1.82) is 0 Å². The number of carbonyl (C=O) groups excluding carboxylic acids is 4. The summed E-state index contributed by atoms with van der Waals surface area (Å²) in [5.41, 5.74) is 0. The number of esters is 2. The third kappa shape index (κ3) is 17.0. The molecule has 2 N–H and O–H groups in total. The monoisotopic (exact) mass is 660 g/mol.